The van der Waals surface area contributed by atoms with Crippen molar-refractivity contribution in [2.75, 3.05) is 6.61 Å². The molecule has 0 fully saturated rings. The summed E-state index contributed by atoms with van der Waals surface area (Å²) in [4.78, 5) is 52.9. The number of ether oxygens (including phenoxy) is 1. The molecule has 0 unspecified atom stereocenters. The summed E-state index contributed by atoms with van der Waals surface area (Å²) in [5.74, 6) is -0.989. The molecule has 2 aromatic heterocycles. The SMILES string of the molecule is CCOC(=O)c1sc2ncn(CC(=O)c3ccc(C)c([N+](=O)[O-])c3)c(=O)c2c1C. The van der Waals surface area contributed by atoms with Gasteiger partial charge in [0.2, 0.25) is 0 Å². The number of fused-ring (bicyclic) bond motifs is 1. The number of nitro groups is 1. The summed E-state index contributed by atoms with van der Waals surface area (Å²) in [5, 5.41) is 11.3. The molecular weight excluding hydrogens is 398 g/mol. The van der Waals surface area contributed by atoms with Crippen LogP contribution in [0.15, 0.2) is 29.3 Å². The van der Waals surface area contributed by atoms with Gasteiger partial charge in [-0.25, -0.2) is 9.78 Å². The van der Waals surface area contributed by atoms with Crippen LogP contribution in [0.2, 0.25) is 0 Å². The van der Waals surface area contributed by atoms with Gasteiger partial charge < -0.3 is 4.74 Å². The predicted octanol–water partition coefficient (Wildman–Crippen LogP) is 3.04. The molecule has 0 atom stereocenters. The molecule has 0 aliphatic heterocycles. The van der Waals surface area contributed by atoms with E-state index in [9.17, 15) is 24.5 Å². The molecule has 9 nitrogen and oxygen atoms in total. The Bertz CT molecular complexity index is 1210. The molecule has 3 aromatic rings. The molecular formula is C19H17N3O6S. The molecule has 0 saturated heterocycles. The minimum atomic E-state index is -0.558. The van der Waals surface area contributed by atoms with Crippen molar-refractivity contribution in [1.82, 2.24) is 9.55 Å². The Morgan fingerprint density at radius 3 is 2.69 bits per heavy atom. The van der Waals surface area contributed by atoms with Crippen LogP contribution in [0.3, 0.4) is 0 Å². The lowest BCUT2D eigenvalue weighted by Gasteiger charge is -2.06. The van der Waals surface area contributed by atoms with E-state index in [1.807, 2.05) is 0 Å². The molecule has 0 spiro atoms. The fraction of sp³-hybridized carbons (Fsp3) is 0.263. The number of rotatable bonds is 6. The second kappa shape index (κ2) is 7.92. The fourth-order valence-corrected chi connectivity index (χ4v) is 3.92. The lowest BCUT2D eigenvalue weighted by atomic mass is 10.1. The molecule has 0 aliphatic rings. The number of Topliss-reactive ketones (excluding diaryl/α,β-unsaturated/α-hetero) is 1. The van der Waals surface area contributed by atoms with Gasteiger partial charge in [0.15, 0.2) is 5.78 Å². The molecule has 2 heterocycles. The maximum atomic E-state index is 12.9. The molecule has 0 radical (unpaired) electrons. The number of ketones is 1. The second-order valence-electron chi connectivity index (χ2n) is 6.32. The molecule has 0 bridgehead atoms. The van der Waals surface area contributed by atoms with Crippen molar-refractivity contribution in [3.63, 3.8) is 0 Å². The minimum Gasteiger partial charge on any atom is -0.462 e. The normalized spacial score (nSPS) is 10.9. The van der Waals surface area contributed by atoms with Gasteiger partial charge in [0.25, 0.3) is 11.2 Å². The smallest absolute Gasteiger partial charge is 0.348 e. The maximum Gasteiger partial charge on any atom is 0.348 e. The van der Waals surface area contributed by atoms with E-state index in [0.29, 0.717) is 20.8 Å². The molecule has 10 heteroatoms. The summed E-state index contributed by atoms with van der Waals surface area (Å²) in [5.41, 5.74) is 0.392. The standard InChI is InChI=1S/C19H17N3O6S/c1-4-28-19(25)16-11(3)15-17(29-16)20-9-21(18(15)24)8-14(23)12-6-5-10(2)13(7-12)22(26)27/h5-7,9H,4,8H2,1-3H3. The maximum absolute atomic E-state index is 12.9. The number of hydrogen-bond donors (Lipinski definition) is 0. The molecule has 29 heavy (non-hydrogen) atoms. The number of thiophene rings is 1. The second-order valence-corrected chi connectivity index (χ2v) is 7.32. The topological polar surface area (TPSA) is 121 Å². The Kier molecular flexibility index (Phi) is 5.55. The van der Waals surface area contributed by atoms with Gasteiger partial charge in [-0.1, -0.05) is 12.1 Å². The van der Waals surface area contributed by atoms with Gasteiger partial charge in [-0.3, -0.25) is 24.3 Å². The molecule has 0 aliphatic carbocycles. The largest absolute Gasteiger partial charge is 0.462 e. The first kappa shape index (κ1) is 20.3. The summed E-state index contributed by atoms with van der Waals surface area (Å²) >= 11 is 1.06. The number of aromatic nitrogens is 2. The van der Waals surface area contributed by atoms with Crippen molar-refractivity contribution in [2.45, 2.75) is 27.3 Å². The Morgan fingerprint density at radius 2 is 2.03 bits per heavy atom. The molecule has 0 saturated carbocycles. The van der Waals surface area contributed by atoms with E-state index in [-0.39, 0.29) is 29.8 Å². The summed E-state index contributed by atoms with van der Waals surface area (Å²) in [6.45, 7) is 4.78. The first-order valence-electron chi connectivity index (χ1n) is 8.68. The number of aryl methyl sites for hydroxylation is 2. The highest BCUT2D eigenvalue weighted by molar-refractivity contribution is 7.20. The van der Waals surface area contributed by atoms with Crippen LogP contribution in [-0.2, 0) is 11.3 Å². The number of nitro benzene ring substituents is 1. The van der Waals surface area contributed by atoms with E-state index in [1.54, 1.807) is 20.8 Å². The van der Waals surface area contributed by atoms with Crippen LogP contribution in [0.1, 0.15) is 38.1 Å². The predicted molar refractivity (Wildman–Crippen MR) is 107 cm³/mol. The van der Waals surface area contributed by atoms with Gasteiger partial charge in [0.05, 0.1) is 29.8 Å². The Hall–Kier alpha value is -3.40. The van der Waals surface area contributed by atoms with E-state index in [1.165, 1.54) is 24.5 Å². The molecule has 150 valence electrons. The third-order valence-corrected chi connectivity index (χ3v) is 5.60. The van der Waals surface area contributed by atoms with Gasteiger partial charge in [0.1, 0.15) is 9.71 Å². The average molecular weight is 415 g/mol. The van der Waals surface area contributed by atoms with Crippen LogP contribution in [0.25, 0.3) is 10.2 Å². The summed E-state index contributed by atoms with van der Waals surface area (Å²) in [6.07, 6.45) is 1.23. The number of carbonyl (C=O) groups is 2. The van der Waals surface area contributed by atoms with Gasteiger partial charge in [-0.15, -0.1) is 11.3 Å². The zero-order chi connectivity index (χ0) is 21.3. The van der Waals surface area contributed by atoms with Gasteiger partial charge in [0, 0.05) is 17.2 Å². The molecule has 3 rings (SSSR count). The van der Waals surface area contributed by atoms with Crippen LogP contribution in [0.5, 0.6) is 0 Å². The monoisotopic (exact) mass is 415 g/mol. The lowest BCUT2D eigenvalue weighted by molar-refractivity contribution is -0.385. The van der Waals surface area contributed by atoms with Gasteiger partial charge in [-0.05, 0) is 26.3 Å². The Labute approximate surface area is 168 Å². The minimum absolute atomic E-state index is 0.128. The van der Waals surface area contributed by atoms with E-state index in [0.717, 1.165) is 15.9 Å². The average Bonchev–Trinajstić information content (AvgIpc) is 3.01. The van der Waals surface area contributed by atoms with Crippen molar-refractivity contribution in [3.8, 4) is 0 Å². The van der Waals surface area contributed by atoms with Crippen molar-refractivity contribution in [2.24, 2.45) is 0 Å². The Balaban J connectivity index is 1.98. The van der Waals surface area contributed by atoms with Gasteiger partial charge in [-0.2, -0.15) is 0 Å². The van der Waals surface area contributed by atoms with E-state index in [4.69, 9.17) is 4.74 Å². The van der Waals surface area contributed by atoms with Crippen molar-refractivity contribution < 1.29 is 19.2 Å². The summed E-state index contributed by atoms with van der Waals surface area (Å²) < 4.78 is 6.13. The highest BCUT2D eigenvalue weighted by Crippen LogP contribution is 2.27. The quantitative estimate of drug-likeness (QED) is 0.262. The van der Waals surface area contributed by atoms with Gasteiger partial charge >= 0.3 is 5.97 Å². The van der Waals surface area contributed by atoms with Crippen LogP contribution in [0, 0.1) is 24.0 Å². The number of hydrogen-bond acceptors (Lipinski definition) is 8. The zero-order valence-electron chi connectivity index (χ0n) is 15.9. The van der Waals surface area contributed by atoms with Crippen molar-refractivity contribution in [1.29, 1.82) is 0 Å². The molecule has 0 amide bonds. The number of nitrogens with zero attached hydrogens (tertiary/aromatic N) is 3. The van der Waals surface area contributed by atoms with Crippen LogP contribution >= 0.6 is 11.3 Å². The first-order valence-corrected chi connectivity index (χ1v) is 9.50. The van der Waals surface area contributed by atoms with E-state index >= 15 is 0 Å². The molecule has 0 N–H and O–H groups in total. The van der Waals surface area contributed by atoms with Crippen LogP contribution in [0.4, 0.5) is 5.69 Å². The van der Waals surface area contributed by atoms with Crippen LogP contribution < -0.4 is 5.56 Å². The van der Waals surface area contributed by atoms with Crippen molar-refractivity contribution >= 4 is 39.0 Å². The zero-order valence-corrected chi connectivity index (χ0v) is 16.7. The summed E-state index contributed by atoms with van der Waals surface area (Å²) in [6, 6.07) is 4.17. The fourth-order valence-electron chi connectivity index (χ4n) is 2.89. The van der Waals surface area contributed by atoms with E-state index in [2.05, 4.69) is 4.98 Å². The third kappa shape index (κ3) is 3.79. The van der Waals surface area contributed by atoms with Crippen LogP contribution in [-0.4, -0.2) is 32.8 Å². The highest BCUT2D eigenvalue weighted by atomic mass is 32.1. The third-order valence-electron chi connectivity index (χ3n) is 4.42. The Morgan fingerprint density at radius 1 is 1.31 bits per heavy atom. The number of carbonyl (C=O) groups excluding carboxylic acids is 2. The first-order chi connectivity index (χ1) is 13.7. The summed E-state index contributed by atoms with van der Waals surface area (Å²) in [7, 11) is 0. The lowest BCUT2D eigenvalue weighted by Crippen LogP contribution is -2.24. The molecule has 1 aromatic carbocycles. The van der Waals surface area contributed by atoms with E-state index < -0.39 is 22.2 Å². The number of esters is 1. The van der Waals surface area contributed by atoms with Crippen molar-refractivity contribution in [3.05, 3.63) is 66.6 Å². The number of benzene rings is 1. The highest BCUT2D eigenvalue weighted by Gasteiger charge is 2.21.